The zero-order chi connectivity index (χ0) is 25.6. The number of nitrogens with one attached hydrogen (secondary N) is 2. The van der Waals surface area contributed by atoms with Crippen molar-refractivity contribution in [3.63, 3.8) is 0 Å². The van der Waals surface area contributed by atoms with Gasteiger partial charge in [0, 0.05) is 49.5 Å². The van der Waals surface area contributed by atoms with Crippen LogP contribution in [0.4, 0.5) is 11.4 Å². The second-order valence-corrected chi connectivity index (χ2v) is 9.43. The van der Waals surface area contributed by atoms with Crippen molar-refractivity contribution in [3.05, 3.63) is 95.7 Å². The highest BCUT2D eigenvalue weighted by Gasteiger charge is 2.16. The van der Waals surface area contributed by atoms with E-state index in [1.54, 1.807) is 18.2 Å². The number of benzene rings is 3. The highest BCUT2D eigenvalue weighted by atomic mass is 16.3. The Kier molecular flexibility index (Phi) is 7.63. The van der Waals surface area contributed by atoms with Gasteiger partial charge in [-0.1, -0.05) is 49.4 Å². The molecule has 2 N–H and O–H groups in total. The first-order chi connectivity index (χ1) is 18.1. The lowest BCUT2D eigenvalue weighted by Gasteiger charge is -2.34. The molecule has 2 amide bonds. The van der Waals surface area contributed by atoms with E-state index in [1.165, 1.54) is 5.56 Å². The lowest BCUT2D eigenvalue weighted by Crippen LogP contribution is -2.45. The lowest BCUT2D eigenvalue weighted by molar-refractivity contribution is -0.115. The molecule has 1 saturated heterocycles. The van der Waals surface area contributed by atoms with Crippen LogP contribution >= 0.6 is 0 Å². The topological polar surface area (TPSA) is 77.8 Å². The van der Waals surface area contributed by atoms with Crippen molar-refractivity contribution in [1.29, 1.82) is 0 Å². The summed E-state index contributed by atoms with van der Waals surface area (Å²) in [6.45, 7) is 8.70. The molecule has 5 rings (SSSR count). The Morgan fingerprint density at radius 3 is 2.08 bits per heavy atom. The van der Waals surface area contributed by atoms with Crippen LogP contribution in [0.2, 0.25) is 0 Å². The molecular formula is C30H32N4O3. The Morgan fingerprint density at radius 1 is 0.784 bits per heavy atom. The molecule has 37 heavy (non-hydrogen) atoms. The third-order valence-corrected chi connectivity index (χ3v) is 6.78. The molecule has 2 heterocycles. The summed E-state index contributed by atoms with van der Waals surface area (Å²) in [7, 11) is 0. The molecule has 1 aromatic heterocycles. The number of amides is 2. The average molecular weight is 497 g/mol. The summed E-state index contributed by atoms with van der Waals surface area (Å²) in [5.74, 6) is -0.134. The molecule has 7 heteroatoms. The molecule has 7 nitrogen and oxygen atoms in total. The normalized spacial score (nSPS) is 14.5. The van der Waals surface area contributed by atoms with Crippen molar-refractivity contribution < 1.29 is 14.0 Å². The van der Waals surface area contributed by atoms with E-state index < -0.39 is 0 Å². The maximum absolute atomic E-state index is 12.6. The van der Waals surface area contributed by atoms with Crippen LogP contribution in [0.5, 0.6) is 0 Å². The van der Waals surface area contributed by atoms with E-state index in [1.807, 2.05) is 48.5 Å². The molecule has 1 aliphatic heterocycles. The smallest absolute Gasteiger partial charge is 0.291 e. The van der Waals surface area contributed by atoms with Gasteiger partial charge >= 0.3 is 0 Å². The molecule has 0 spiro atoms. The van der Waals surface area contributed by atoms with Crippen LogP contribution in [0.15, 0.2) is 83.3 Å². The molecule has 0 aliphatic carbocycles. The summed E-state index contributed by atoms with van der Waals surface area (Å²) in [6.07, 6.45) is 0.251. The number of fused-ring (bicyclic) bond motifs is 1. The number of carbonyl (C=O) groups is 2. The van der Waals surface area contributed by atoms with E-state index in [0.29, 0.717) is 11.3 Å². The molecule has 0 atom stereocenters. The Morgan fingerprint density at radius 2 is 1.41 bits per heavy atom. The predicted octanol–water partition coefficient (Wildman–Crippen LogP) is 5.00. The second kappa shape index (κ2) is 11.4. The maximum Gasteiger partial charge on any atom is 0.291 e. The van der Waals surface area contributed by atoms with Gasteiger partial charge in [-0.2, -0.15) is 0 Å². The van der Waals surface area contributed by atoms with E-state index >= 15 is 0 Å². The van der Waals surface area contributed by atoms with Gasteiger partial charge in [-0.25, -0.2) is 0 Å². The molecule has 0 radical (unpaired) electrons. The number of hydrogen-bond acceptors (Lipinski definition) is 5. The van der Waals surface area contributed by atoms with Gasteiger partial charge in [0.05, 0.1) is 6.42 Å². The molecule has 1 fully saturated rings. The summed E-state index contributed by atoms with van der Waals surface area (Å²) in [6, 6.07) is 24.6. The largest absolute Gasteiger partial charge is 0.451 e. The van der Waals surface area contributed by atoms with Gasteiger partial charge in [0.25, 0.3) is 5.91 Å². The molecule has 190 valence electrons. The fraction of sp³-hybridized carbons (Fsp3) is 0.267. The molecule has 1 aliphatic rings. The zero-order valence-corrected chi connectivity index (χ0v) is 21.1. The summed E-state index contributed by atoms with van der Waals surface area (Å²) < 4.78 is 5.62. The highest BCUT2D eigenvalue weighted by Crippen LogP contribution is 2.20. The molecule has 0 saturated carbocycles. The van der Waals surface area contributed by atoms with Gasteiger partial charge in [-0.3, -0.25) is 14.5 Å². The van der Waals surface area contributed by atoms with E-state index in [9.17, 15) is 9.59 Å². The van der Waals surface area contributed by atoms with E-state index in [-0.39, 0.29) is 24.0 Å². The number of carbonyl (C=O) groups excluding carboxylic acids is 2. The Bertz CT molecular complexity index is 1320. The zero-order valence-electron chi connectivity index (χ0n) is 21.1. The molecular weight excluding hydrogens is 464 g/mol. The fourth-order valence-electron chi connectivity index (χ4n) is 4.60. The molecule has 0 bridgehead atoms. The van der Waals surface area contributed by atoms with E-state index in [4.69, 9.17) is 4.42 Å². The van der Waals surface area contributed by atoms with Crippen LogP contribution in [0.1, 0.15) is 28.6 Å². The third-order valence-electron chi connectivity index (χ3n) is 6.78. The Hall–Kier alpha value is -3.94. The van der Waals surface area contributed by atoms with Crippen molar-refractivity contribution >= 4 is 34.2 Å². The van der Waals surface area contributed by atoms with Crippen LogP contribution in [0.25, 0.3) is 11.0 Å². The van der Waals surface area contributed by atoms with Crippen molar-refractivity contribution in [2.75, 3.05) is 43.4 Å². The Balaban J connectivity index is 1.09. The summed E-state index contributed by atoms with van der Waals surface area (Å²) in [5, 5.41) is 6.70. The number of para-hydroxylation sites is 1. The highest BCUT2D eigenvalue weighted by molar-refractivity contribution is 6.04. The minimum absolute atomic E-state index is 0.0810. The van der Waals surface area contributed by atoms with Crippen molar-refractivity contribution in [2.45, 2.75) is 19.9 Å². The van der Waals surface area contributed by atoms with Crippen molar-refractivity contribution in [2.24, 2.45) is 0 Å². The number of anilines is 2. The van der Waals surface area contributed by atoms with E-state index in [2.05, 4.69) is 39.5 Å². The summed E-state index contributed by atoms with van der Waals surface area (Å²) in [5.41, 5.74) is 4.22. The van der Waals surface area contributed by atoms with Gasteiger partial charge in [0.1, 0.15) is 5.58 Å². The number of furan rings is 1. The first-order valence-electron chi connectivity index (χ1n) is 12.8. The van der Waals surface area contributed by atoms with Gasteiger partial charge < -0.3 is 20.0 Å². The first kappa shape index (κ1) is 24.7. The number of rotatable bonds is 8. The fourth-order valence-corrected chi connectivity index (χ4v) is 4.60. The lowest BCUT2D eigenvalue weighted by atomic mass is 10.1. The molecule has 0 unspecified atom stereocenters. The SMILES string of the molecule is CCN1CCN(Cc2ccc(NC(=O)Cc3ccc(NC(=O)c4cc5ccccc5o4)cc3)cc2)CC1. The van der Waals surface area contributed by atoms with Crippen molar-refractivity contribution in [1.82, 2.24) is 9.80 Å². The number of nitrogens with zero attached hydrogens (tertiary/aromatic N) is 2. The van der Waals surface area contributed by atoms with Crippen LogP contribution in [0.3, 0.4) is 0 Å². The predicted molar refractivity (Wildman–Crippen MR) is 147 cm³/mol. The quantitative estimate of drug-likeness (QED) is 0.359. The van der Waals surface area contributed by atoms with E-state index in [0.717, 1.165) is 55.9 Å². The monoisotopic (exact) mass is 496 g/mol. The number of likely N-dealkylation sites (N-methyl/N-ethyl adjacent to an activating group) is 1. The molecule has 4 aromatic rings. The third kappa shape index (κ3) is 6.44. The Labute approximate surface area is 217 Å². The minimum Gasteiger partial charge on any atom is -0.451 e. The molecule has 3 aromatic carbocycles. The van der Waals surface area contributed by atoms with Gasteiger partial charge in [-0.05, 0) is 54.1 Å². The average Bonchev–Trinajstić information content (AvgIpc) is 3.36. The van der Waals surface area contributed by atoms with Crippen LogP contribution in [-0.4, -0.2) is 54.3 Å². The summed E-state index contributed by atoms with van der Waals surface area (Å²) >= 11 is 0. The second-order valence-electron chi connectivity index (χ2n) is 9.43. The van der Waals surface area contributed by atoms with Crippen LogP contribution in [0, 0.1) is 0 Å². The minimum atomic E-state index is -0.312. The van der Waals surface area contributed by atoms with Crippen LogP contribution < -0.4 is 10.6 Å². The number of piperazine rings is 1. The van der Waals surface area contributed by atoms with Gasteiger partial charge in [0.15, 0.2) is 5.76 Å². The summed E-state index contributed by atoms with van der Waals surface area (Å²) in [4.78, 5) is 30.1. The van der Waals surface area contributed by atoms with Gasteiger partial charge in [-0.15, -0.1) is 0 Å². The number of hydrogen-bond donors (Lipinski definition) is 2. The first-order valence-corrected chi connectivity index (χ1v) is 12.8. The van der Waals surface area contributed by atoms with Crippen LogP contribution in [-0.2, 0) is 17.8 Å². The van der Waals surface area contributed by atoms with Crippen molar-refractivity contribution in [3.8, 4) is 0 Å². The van der Waals surface area contributed by atoms with Gasteiger partial charge in [0.2, 0.25) is 5.91 Å². The maximum atomic E-state index is 12.6. The standard InChI is InChI=1S/C30H32N4O3/c1-2-33-15-17-34(18-16-33)21-23-9-13-25(14-10-23)31-29(35)19-22-7-11-26(12-8-22)32-30(36)28-20-24-5-3-4-6-27(24)37-28/h3-14,20H,2,15-19,21H2,1H3,(H,31,35)(H,32,36).